The molecule has 0 aromatic carbocycles. The molecule has 10 nitrogen and oxygen atoms in total. The molecule has 13 heteroatoms. The second kappa shape index (κ2) is 10.1. The fourth-order valence-electron chi connectivity index (χ4n) is 3.63. The van der Waals surface area contributed by atoms with Gasteiger partial charge in [-0.1, -0.05) is 0 Å². The predicted octanol–water partition coefficient (Wildman–Crippen LogP) is 1.52. The third kappa shape index (κ3) is 5.54. The number of anilines is 3. The van der Waals surface area contributed by atoms with Gasteiger partial charge in [-0.25, -0.2) is 15.0 Å². The van der Waals surface area contributed by atoms with E-state index in [9.17, 15) is 18.0 Å². The Morgan fingerprint density at radius 1 is 1.03 bits per heavy atom. The number of nitrogens with two attached hydrogens (primary N) is 1. The van der Waals surface area contributed by atoms with Crippen LogP contribution in [0.2, 0.25) is 0 Å². The molecule has 2 saturated heterocycles. The summed E-state index contributed by atoms with van der Waals surface area (Å²) >= 11 is 0. The van der Waals surface area contributed by atoms with Crippen LogP contribution < -0.4 is 20.9 Å². The highest BCUT2D eigenvalue weighted by atomic mass is 19.4. The Morgan fingerprint density at radius 2 is 1.56 bits per heavy atom. The van der Waals surface area contributed by atoms with Gasteiger partial charge in [0.2, 0.25) is 5.91 Å². The van der Waals surface area contributed by atoms with Crippen molar-refractivity contribution in [3.05, 3.63) is 23.9 Å². The van der Waals surface area contributed by atoms with Crippen LogP contribution in [-0.2, 0) is 20.4 Å². The van der Waals surface area contributed by atoms with Gasteiger partial charge in [-0.3, -0.25) is 4.79 Å². The minimum absolute atomic E-state index is 0.102. The molecule has 0 radical (unpaired) electrons. The number of carbonyl (C=O) groups is 1. The molecule has 4 rings (SSSR count). The summed E-state index contributed by atoms with van der Waals surface area (Å²) in [5.74, 6) is 0.0227. The van der Waals surface area contributed by atoms with Gasteiger partial charge < -0.3 is 30.3 Å². The first kappa shape index (κ1) is 24.1. The van der Waals surface area contributed by atoms with Gasteiger partial charge in [0.25, 0.3) is 0 Å². The minimum atomic E-state index is -4.73. The maximum atomic E-state index is 14.0. The Morgan fingerprint density at radius 3 is 2.03 bits per heavy atom. The van der Waals surface area contributed by atoms with Crippen molar-refractivity contribution in [2.75, 3.05) is 67.7 Å². The average Bonchev–Trinajstić information content (AvgIpc) is 2.84. The zero-order valence-corrected chi connectivity index (χ0v) is 18.6. The predicted molar refractivity (Wildman–Crippen MR) is 119 cm³/mol. The van der Waals surface area contributed by atoms with Crippen molar-refractivity contribution in [3.63, 3.8) is 0 Å². The van der Waals surface area contributed by atoms with Crippen LogP contribution in [-0.4, -0.2) is 79.5 Å². The molecule has 2 aromatic rings. The molecule has 2 aromatic heterocycles. The third-order valence-corrected chi connectivity index (χ3v) is 5.48. The zero-order valence-electron chi connectivity index (χ0n) is 18.6. The SMILES string of the molecule is C[C@H](N)C(=O)Nc1cc(C(F)(F)F)c(-c2nc(N3CCOCC3)cc(N3CCOCC3)n2)cn1. The highest BCUT2D eigenvalue weighted by Gasteiger charge is 2.36. The summed E-state index contributed by atoms with van der Waals surface area (Å²) in [6, 6.07) is 1.65. The normalized spacial score (nSPS) is 18.0. The molecule has 34 heavy (non-hydrogen) atoms. The number of nitrogens with one attached hydrogen (secondary N) is 1. The van der Waals surface area contributed by atoms with Crippen LogP contribution in [0.5, 0.6) is 0 Å². The van der Waals surface area contributed by atoms with Gasteiger partial charge in [0.1, 0.15) is 17.5 Å². The zero-order chi connectivity index (χ0) is 24.3. The lowest BCUT2D eigenvalue weighted by Crippen LogP contribution is -2.39. The molecule has 1 amide bonds. The topological polar surface area (TPSA) is 119 Å². The van der Waals surface area contributed by atoms with Crippen LogP contribution in [0.15, 0.2) is 18.3 Å². The Hall–Kier alpha value is -3.03. The standard InChI is InChI=1S/C21H26F3N7O3/c1-13(25)20(32)27-16-10-15(21(22,23)24)14(12-26-16)19-28-17(30-2-6-33-7-3-30)11-18(29-19)31-4-8-34-9-5-31/h10-13H,2-9,25H2,1H3,(H,26,27,32)/t13-/m0/s1. The van der Waals surface area contributed by atoms with Crippen LogP contribution in [0.25, 0.3) is 11.4 Å². The highest BCUT2D eigenvalue weighted by Crippen LogP contribution is 2.38. The van der Waals surface area contributed by atoms with Gasteiger partial charge in [0.05, 0.1) is 43.6 Å². The minimum Gasteiger partial charge on any atom is -0.378 e. The number of carbonyl (C=O) groups excluding carboxylic acids is 1. The van der Waals surface area contributed by atoms with Crippen LogP contribution in [0.3, 0.4) is 0 Å². The first-order valence-corrected chi connectivity index (χ1v) is 10.9. The quantitative estimate of drug-likeness (QED) is 0.655. The van der Waals surface area contributed by atoms with E-state index < -0.39 is 23.7 Å². The number of alkyl halides is 3. The molecule has 3 N–H and O–H groups in total. The van der Waals surface area contributed by atoms with E-state index in [1.54, 1.807) is 6.07 Å². The van der Waals surface area contributed by atoms with E-state index >= 15 is 0 Å². The van der Waals surface area contributed by atoms with Gasteiger partial charge in [-0.05, 0) is 13.0 Å². The third-order valence-electron chi connectivity index (χ3n) is 5.48. The van der Waals surface area contributed by atoms with Crippen LogP contribution in [0.4, 0.5) is 30.6 Å². The molecule has 2 fully saturated rings. The number of nitrogens with zero attached hydrogens (tertiary/aromatic N) is 5. The molecule has 0 saturated carbocycles. The fraction of sp³-hybridized carbons (Fsp3) is 0.524. The number of morpholine rings is 2. The molecule has 0 aliphatic carbocycles. The maximum absolute atomic E-state index is 14.0. The van der Waals surface area contributed by atoms with E-state index in [0.717, 1.165) is 12.3 Å². The number of pyridine rings is 1. The molecule has 0 bridgehead atoms. The van der Waals surface area contributed by atoms with Crippen molar-refractivity contribution < 1.29 is 27.4 Å². The van der Waals surface area contributed by atoms with E-state index in [1.807, 2.05) is 9.80 Å². The van der Waals surface area contributed by atoms with Crippen molar-refractivity contribution in [2.45, 2.75) is 19.1 Å². The van der Waals surface area contributed by atoms with E-state index in [0.29, 0.717) is 64.2 Å². The van der Waals surface area contributed by atoms with E-state index in [-0.39, 0.29) is 17.2 Å². The summed E-state index contributed by atoms with van der Waals surface area (Å²) < 4.78 is 52.9. The van der Waals surface area contributed by atoms with Crippen molar-refractivity contribution in [3.8, 4) is 11.4 Å². The lowest BCUT2D eigenvalue weighted by atomic mass is 10.1. The number of halogens is 3. The van der Waals surface area contributed by atoms with E-state index in [2.05, 4.69) is 20.3 Å². The summed E-state index contributed by atoms with van der Waals surface area (Å²) in [6.07, 6.45) is -3.70. The molecule has 0 spiro atoms. The first-order valence-electron chi connectivity index (χ1n) is 10.9. The molecule has 1 atom stereocenters. The van der Waals surface area contributed by atoms with Gasteiger partial charge in [0, 0.05) is 38.4 Å². The summed E-state index contributed by atoms with van der Waals surface area (Å²) in [5, 5.41) is 2.30. The number of hydrogen-bond donors (Lipinski definition) is 2. The van der Waals surface area contributed by atoms with Crippen LogP contribution in [0.1, 0.15) is 12.5 Å². The molecule has 2 aliphatic rings. The second-order valence-electron chi connectivity index (χ2n) is 8.00. The molecule has 2 aliphatic heterocycles. The van der Waals surface area contributed by atoms with E-state index in [1.165, 1.54) is 6.92 Å². The number of amides is 1. The summed E-state index contributed by atoms with van der Waals surface area (Å²) in [5.41, 5.74) is 4.21. The molecular weight excluding hydrogens is 455 g/mol. The molecule has 4 heterocycles. The van der Waals surface area contributed by atoms with Crippen molar-refractivity contribution in [1.29, 1.82) is 0 Å². The van der Waals surface area contributed by atoms with Gasteiger partial charge in [0.15, 0.2) is 5.82 Å². The van der Waals surface area contributed by atoms with Gasteiger partial charge in [-0.2, -0.15) is 13.2 Å². The fourth-order valence-corrected chi connectivity index (χ4v) is 3.63. The second-order valence-corrected chi connectivity index (χ2v) is 8.00. The largest absolute Gasteiger partial charge is 0.417 e. The van der Waals surface area contributed by atoms with Gasteiger partial charge >= 0.3 is 6.18 Å². The Labute approximate surface area is 194 Å². The lowest BCUT2D eigenvalue weighted by molar-refractivity contribution is -0.137. The summed E-state index contributed by atoms with van der Waals surface area (Å²) in [4.78, 5) is 28.7. The maximum Gasteiger partial charge on any atom is 0.417 e. The van der Waals surface area contributed by atoms with Crippen molar-refractivity contribution >= 4 is 23.4 Å². The monoisotopic (exact) mass is 481 g/mol. The number of rotatable bonds is 5. The number of ether oxygens (including phenoxy) is 2. The smallest absolute Gasteiger partial charge is 0.378 e. The lowest BCUT2D eigenvalue weighted by Gasteiger charge is -2.31. The molecular formula is C21H26F3N7O3. The Kier molecular flexibility index (Phi) is 7.14. The summed E-state index contributed by atoms with van der Waals surface area (Å²) in [6.45, 7) is 5.65. The Bertz CT molecular complexity index is 987. The average molecular weight is 481 g/mol. The van der Waals surface area contributed by atoms with Crippen LogP contribution >= 0.6 is 0 Å². The first-order chi connectivity index (χ1) is 16.2. The van der Waals surface area contributed by atoms with Gasteiger partial charge in [-0.15, -0.1) is 0 Å². The van der Waals surface area contributed by atoms with Crippen molar-refractivity contribution in [1.82, 2.24) is 15.0 Å². The molecule has 184 valence electrons. The van der Waals surface area contributed by atoms with Crippen molar-refractivity contribution in [2.24, 2.45) is 5.73 Å². The molecule has 0 unspecified atom stereocenters. The Balaban J connectivity index is 1.78. The number of aromatic nitrogens is 3. The van der Waals surface area contributed by atoms with E-state index in [4.69, 9.17) is 15.2 Å². The number of hydrogen-bond acceptors (Lipinski definition) is 9. The van der Waals surface area contributed by atoms with Crippen LogP contribution in [0, 0.1) is 0 Å². The summed E-state index contributed by atoms with van der Waals surface area (Å²) in [7, 11) is 0. The highest BCUT2D eigenvalue weighted by molar-refractivity contribution is 5.93.